The van der Waals surface area contributed by atoms with Gasteiger partial charge in [-0.15, -0.1) is 0 Å². The second-order valence-electron chi connectivity index (χ2n) is 6.16. The lowest BCUT2D eigenvalue weighted by Gasteiger charge is -2.16. The normalized spacial score (nSPS) is 21.9. The minimum atomic E-state index is -0.733. The van der Waals surface area contributed by atoms with E-state index in [0.29, 0.717) is 19.0 Å². The molecule has 2 unspecified atom stereocenters. The molecule has 0 aromatic carbocycles. The Balaban J connectivity index is 2.09. The summed E-state index contributed by atoms with van der Waals surface area (Å²) in [5.41, 5.74) is 0. The van der Waals surface area contributed by atoms with Crippen LogP contribution in [0.2, 0.25) is 0 Å². The van der Waals surface area contributed by atoms with Gasteiger partial charge in [-0.05, 0) is 31.1 Å². The lowest BCUT2D eigenvalue weighted by molar-refractivity contribution is -0.142. The molecule has 2 amide bonds. The number of carboxylic acid groups (broad SMARTS) is 1. The molecule has 1 aliphatic carbocycles. The predicted octanol–water partition coefficient (Wildman–Crippen LogP) is 2.61. The van der Waals surface area contributed by atoms with Gasteiger partial charge in [0.2, 0.25) is 0 Å². The Bertz CT molecular complexity index is 318. The third kappa shape index (κ3) is 6.26. The number of aliphatic carboxylic acids is 1. The van der Waals surface area contributed by atoms with Crippen molar-refractivity contribution in [3.05, 3.63) is 0 Å². The number of amides is 2. The minimum absolute atomic E-state index is 0.0826. The summed E-state index contributed by atoms with van der Waals surface area (Å²) < 4.78 is 0. The molecule has 0 aliphatic heterocycles. The summed E-state index contributed by atoms with van der Waals surface area (Å²) in [4.78, 5) is 22.6. The van der Waals surface area contributed by atoms with E-state index in [-0.39, 0.29) is 17.9 Å². The molecule has 3 N–H and O–H groups in total. The van der Waals surface area contributed by atoms with Crippen LogP contribution in [0, 0.1) is 17.8 Å². The van der Waals surface area contributed by atoms with E-state index in [1.54, 1.807) is 0 Å². The number of nitrogens with one attached hydrogen (secondary N) is 2. The van der Waals surface area contributed by atoms with Crippen molar-refractivity contribution in [1.82, 2.24) is 10.6 Å². The molecule has 116 valence electrons. The molecular weight excluding hydrogens is 256 g/mol. The van der Waals surface area contributed by atoms with E-state index in [4.69, 9.17) is 5.11 Å². The van der Waals surface area contributed by atoms with Crippen LogP contribution in [0.4, 0.5) is 4.79 Å². The molecule has 1 saturated carbocycles. The van der Waals surface area contributed by atoms with Crippen molar-refractivity contribution in [3.8, 4) is 0 Å². The van der Waals surface area contributed by atoms with Crippen LogP contribution in [-0.2, 0) is 4.79 Å². The Morgan fingerprint density at radius 2 is 1.95 bits per heavy atom. The summed E-state index contributed by atoms with van der Waals surface area (Å²) in [5.74, 6) is -0.233. The van der Waals surface area contributed by atoms with Crippen molar-refractivity contribution in [3.63, 3.8) is 0 Å². The van der Waals surface area contributed by atoms with Crippen LogP contribution in [0.5, 0.6) is 0 Å². The first kappa shape index (κ1) is 16.8. The van der Waals surface area contributed by atoms with Crippen molar-refractivity contribution in [2.24, 2.45) is 17.8 Å². The zero-order valence-corrected chi connectivity index (χ0v) is 12.7. The third-order valence-corrected chi connectivity index (χ3v) is 3.99. The van der Waals surface area contributed by atoms with E-state index in [2.05, 4.69) is 24.5 Å². The smallest absolute Gasteiger partial charge is 0.314 e. The molecule has 0 heterocycles. The van der Waals surface area contributed by atoms with Crippen molar-refractivity contribution >= 4 is 12.0 Å². The predicted molar refractivity (Wildman–Crippen MR) is 78.6 cm³/mol. The highest BCUT2D eigenvalue weighted by atomic mass is 16.4. The van der Waals surface area contributed by atoms with Gasteiger partial charge < -0.3 is 15.7 Å². The monoisotopic (exact) mass is 284 g/mol. The summed E-state index contributed by atoms with van der Waals surface area (Å²) in [6.45, 7) is 5.54. The highest BCUT2D eigenvalue weighted by molar-refractivity contribution is 5.74. The molecule has 1 rings (SSSR count). The second-order valence-corrected chi connectivity index (χ2v) is 6.16. The molecule has 1 fully saturated rings. The Labute approximate surface area is 121 Å². The molecule has 5 nitrogen and oxygen atoms in total. The maximum Gasteiger partial charge on any atom is 0.314 e. The standard InChI is InChI=1S/C15H28N2O3/c1-11(2)6-3-4-9-16-15(20)17-10-12-7-5-8-13(12)14(18)19/h11-13H,3-10H2,1-2H3,(H,18,19)(H2,16,17,20). The zero-order chi connectivity index (χ0) is 15.0. The average Bonchev–Trinajstić information content (AvgIpc) is 2.84. The van der Waals surface area contributed by atoms with E-state index >= 15 is 0 Å². The van der Waals surface area contributed by atoms with E-state index in [0.717, 1.165) is 32.1 Å². The van der Waals surface area contributed by atoms with Gasteiger partial charge in [0.25, 0.3) is 0 Å². The Morgan fingerprint density at radius 1 is 1.20 bits per heavy atom. The van der Waals surface area contributed by atoms with E-state index in [9.17, 15) is 9.59 Å². The highest BCUT2D eigenvalue weighted by Gasteiger charge is 2.32. The summed E-state index contributed by atoms with van der Waals surface area (Å²) in [5, 5.41) is 14.7. The Kier molecular flexibility index (Phi) is 7.41. The summed E-state index contributed by atoms with van der Waals surface area (Å²) in [6, 6.07) is -0.175. The van der Waals surface area contributed by atoms with Gasteiger partial charge in [-0.2, -0.15) is 0 Å². The number of carboxylic acids is 1. The summed E-state index contributed by atoms with van der Waals surface area (Å²) in [6.07, 6.45) is 5.88. The van der Waals surface area contributed by atoms with Gasteiger partial charge in [0.1, 0.15) is 0 Å². The first-order valence-electron chi connectivity index (χ1n) is 7.75. The zero-order valence-electron chi connectivity index (χ0n) is 12.7. The van der Waals surface area contributed by atoms with Crippen LogP contribution in [-0.4, -0.2) is 30.2 Å². The molecule has 2 atom stereocenters. The largest absolute Gasteiger partial charge is 0.481 e. The topological polar surface area (TPSA) is 78.4 Å². The average molecular weight is 284 g/mol. The van der Waals surface area contributed by atoms with Gasteiger partial charge in [-0.25, -0.2) is 4.79 Å². The number of carbonyl (C=O) groups excluding carboxylic acids is 1. The van der Waals surface area contributed by atoms with Crippen LogP contribution in [0.15, 0.2) is 0 Å². The Morgan fingerprint density at radius 3 is 2.60 bits per heavy atom. The lowest BCUT2D eigenvalue weighted by Crippen LogP contribution is -2.40. The maximum atomic E-state index is 11.6. The molecule has 20 heavy (non-hydrogen) atoms. The number of rotatable bonds is 8. The number of hydrogen-bond acceptors (Lipinski definition) is 2. The first-order valence-corrected chi connectivity index (χ1v) is 7.75. The van der Waals surface area contributed by atoms with E-state index in [1.165, 1.54) is 6.42 Å². The van der Waals surface area contributed by atoms with Crippen LogP contribution in [0.3, 0.4) is 0 Å². The minimum Gasteiger partial charge on any atom is -0.481 e. The van der Waals surface area contributed by atoms with Crippen molar-refractivity contribution in [2.45, 2.75) is 52.4 Å². The maximum absolute atomic E-state index is 11.6. The molecule has 0 saturated heterocycles. The number of unbranched alkanes of at least 4 members (excludes halogenated alkanes) is 1. The fourth-order valence-corrected chi connectivity index (χ4v) is 2.77. The number of hydrogen-bond donors (Lipinski definition) is 3. The van der Waals surface area contributed by atoms with Crippen molar-refractivity contribution in [2.75, 3.05) is 13.1 Å². The number of carbonyl (C=O) groups is 2. The number of urea groups is 1. The van der Waals surface area contributed by atoms with Crippen molar-refractivity contribution < 1.29 is 14.7 Å². The third-order valence-electron chi connectivity index (χ3n) is 3.99. The molecule has 0 spiro atoms. The van der Waals surface area contributed by atoms with Gasteiger partial charge in [-0.3, -0.25) is 4.79 Å². The SMILES string of the molecule is CC(C)CCCCNC(=O)NCC1CCCC1C(=O)O. The van der Waals surface area contributed by atoms with E-state index < -0.39 is 5.97 Å². The molecule has 0 aromatic rings. The highest BCUT2D eigenvalue weighted by Crippen LogP contribution is 2.31. The van der Waals surface area contributed by atoms with Gasteiger partial charge >= 0.3 is 12.0 Å². The van der Waals surface area contributed by atoms with Gasteiger partial charge in [0.05, 0.1) is 5.92 Å². The van der Waals surface area contributed by atoms with Gasteiger partial charge in [0.15, 0.2) is 0 Å². The van der Waals surface area contributed by atoms with Crippen LogP contribution < -0.4 is 10.6 Å². The van der Waals surface area contributed by atoms with E-state index in [1.807, 2.05) is 0 Å². The lowest BCUT2D eigenvalue weighted by atomic mass is 9.96. The second kappa shape index (κ2) is 8.82. The van der Waals surface area contributed by atoms with Crippen molar-refractivity contribution in [1.29, 1.82) is 0 Å². The van der Waals surface area contributed by atoms with Crippen LogP contribution in [0.25, 0.3) is 0 Å². The Hall–Kier alpha value is -1.26. The fourth-order valence-electron chi connectivity index (χ4n) is 2.77. The fraction of sp³-hybridized carbons (Fsp3) is 0.867. The molecule has 1 aliphatic rings. The molecule has 5 heteroatoms. The summed E-state index contributed by atoms with van der Waals surface area (Å²) in [7, 11) is 0. The molecule has 0 aromatic heterocycles. The molecule has 0 radical (unpaired) electrons. The van der Waals surface area contributed by atoms with Crippen LogP contribution >= 0.6 is 0 Å². The first-order chi connectivity index (χ1) is 9.50. The molecule has 0 bridgehead atoms. The quantitative estimate of drug-likeness (QED) is 0.599. The molecular formula is C15H28N2O3. The summed E-state index contributed by atoms with van der Waals surface area (Å²) >= 11 is 0. The van der Waals surface area contributed by atoms with Crippen LogP contribution in [0.1, 0.15) is 52.4 Å². The van der Waals surface area contributed by atoms with Gasteiger partial charge in [0, 0.05) is 13.1 Å². The van der Waals surface area contributed by atoms with Gasteiger partial charge in [-0.1, -0.05) is 33.1 Å².